The Bertz CT molecular complexity index is 981. The van der Waals surface area contributed by atoms with Gasteiger partial charge in [0.25, 0.3) is 5.91 Å². The van der Waals surface area contributed by atoms with Gasteiger partial charge in [-0.25, -0.2) is 9.97 Å². The van der Waals surface area contributed by atoms with E-state index in [4.69, 9.17) is 32.5 Å². The number of carbonyl (C=O) groups excluding carboxylic acids is 1. The Morgan fingerprint density at radius 2 is 1.63 bits per heavy atom. The number of hydrogen-bond acceptors (Lipinski definition) is 7. The van der Waals surface area contributed by atoms with Crippen LogP contribution in [0.25, 0.3) is 0 Å². The minimum absolute atomic E-state index is 0.0816. The van der Waals surface area contributed by atoms with Gasteiger partial charge >= 0.3 is 0 Å². The number of nitrogens with zero attached hydrogens (tertiary/aromatic N) is 2. The Balaban J connectivity index is 1.47. The molecule has 3 aromatic rings. The van der Waals surface area contributed by atoms with Crippen LogP contribution in [0.15, 0.2) is 54.9 Å². The minimum atomic E-state index is -0.435. The van der Waals surface area contributed by atoms with E-state index in [1.54, 1.807) is 12.1 Å². The number of benzene rings is 2. The van der Waals surface area contributed by atoms with Gasteiger partial charge in [-0.05, 0) is 43.2 Å². The third-order valence-corrected chi connectivity index (χ3v) is 4.44. The van der Waals surface area contributed by atoms with E-state index in [1.807, 2.05) is 30.3 Å². The van der Waals surface area contributed by atoms with Crippen LogP contribution in [0.5, 0.6) is 11.5 Å². The molecule has 0 fully saturated rings. The molecule has 30 heavy (non-hydrogen) atoms. The number of ether oxygens (including phenoxy) is 2. The molecule has 0 unspecified atom stereocenters. The second-order valence-electron chi connectivity index (χ2n) is 6.34. The van der Waals surface area contributed by atoms with Crippen molar-refractivity contribution in [3.63, 3.8) is 0 Å². The van der Waals surface area contributed by atoms with Crippen LogP contribution in [0, 0.1) is 0 Å². The quantitative estimate of drug-likeness (QED) is 0.443. The number of anilines is 3. The number of para-hydroxylation sites is 1. The average Bonchev–Trinajstić information content (AvgIpc) is 2.75. The maximum absolute atomic E-state index is 12.4. The maximum atomic E-state index is 12.4. The van der Waals surface area contributed by atoms with E-state index in [9.17, 15) is 4.79 Å². The molecule has 0 radical (unpaired) electrons. The number of hydrogen-bond donors (Lipinski definition) is 3. The number of aromatic nitrogens is 2. The molecule has 1 heterocycles. The Morgan fingerprint density at radius 1 is 0.967 bits per heavy atom. The number of nitrogens with two attached hydrogens (primary N) is 2. The Morgan fingerprint density at radius 3 is 2.30 bits per heavy atom. The molecule has 0 spiro atoms. The van der Waals surface area contributed by atoms with Crippen LogP contribution in [0.3, 0.4) is 0 Å². The first-order valence-electron chi connectivity index (χ1n) is 9.32. The van der Waals surface area contributed by atoms with Crippen molar-refractivity contribution >= 4 is 34.8 Å². The number of nitrogens with one attached hydrogen (secondary N) is 1. The fourth-order valence-electron chi connectivity index (χ4n) is 2.58. The fourth-order valence-corrected chi connectivity index (χ4v) is 2.81. The van der Waals surface area contributed by atoms with E-state index in [2.05, 4.69) is 15.3 Å². The van der Waals surface area contributed by atoms with Gasteiger partial charge in [0.05, 0.1) is 18.2 Å². The van der Waals surface area contributed by atoms with E-state index in [0.717, 1.165) is 18.6 Å². The number of nitrogen functional groups attached to an aromatic ring is 2. The molecule has 156 valence electrons. The highest BCUT2D eigenvalue weighted by Gasteiger charge is 2.14. The van der Waals surface area contributed by atoms with Gasteiger partial charge in [0.1, 0.15) is 23.5 Å². The van der Waals surface area contributed by atoms with Crippen LogP contribution in [-0.4, -0.2) is 29.1 Å². The van der Waals surface area contributed by atoms with Crippen molar-refractivity contribution in [3.8, 4) is 11.5 Å². The van der Waals surface area contributed by atoms with Crippen LogP contribution in [-0.2, 0) is 0 Å². The van der Waals surface area contributed by atoms with Crippen LogP contribution in [0.4, 0.5) is 17.3 Å². The number of rotatable bonds is 9. The largest absolute Gasteiger partial charge is 0.494 e. The molecule has 0 aliphatic heterocycles. The van der Waals surface area contributed by atoms with E-state index in [-0.39, 0.29) is 17.3 Å². The van der Waals surface area contributed by atoms with E-state index in [0.29, 0.717) is 29.5 Å². The van der Waals surface area contributed by atoms with Crippen molar-refractivity contribution < 1.29 is 14.3 Å². The molecule has 5 N–H and O–H groups in total. The van der Waals surface area contributed by atoms with Crippen molar-refractivity contribution in [3.05, 3.63) is 65.4 Å². The number of halogens is 1. The molecule has 1 aromatic heterocycles. The second-order valence-corrected chi connectivity index (χ2v) is 6.74. The third kappa shape index (κ3) is 5.74. The molecular weight excluding hydrogens is 406 g/mol. The summed E-state index contributed by atoms with van der Waals surface area (Å²) in [5.41, 5.74) is 11.9. The molecule has 8 nitrogen and oxygen atoms in total. The topological polar surface area (TPSA) is 125 Å². The lowest BCUT2D eigenvalue weighted by atomic mass is 10.2. The number of unbranched alkanes of at least 4 members (excludes halogenated alkanes) is 1. The fraction of sp³-hybridized carbons (Fsp3) is 0.190. The van der Waals surface area contributed by atoms with E-state index >= 15 is 0 Å². The lowest BCUT2D eigenvalue weighted by molar-refractivity contribution is 0.102. The standard InChI is InChI=1S/C21H22ClN5O3/c22-16-12-14(21(28)27-18-19(23)25-13-26-20(18)24)8-9-17(16)30-11-5-4-10-29-15-6-2-1-3-7-15/h1-3,6-9,12-13H,4-5,10-11H2,(H,27,28)(H4,23,24,25,26). The second kappa shape index (κ2) is 10.3. The van der Waals surface area contributed by atoms with Crippen LogP contribution in [0.2, 0.25) is 5.02 Å². The Kier molecular flexibility index (Phi) is 7.29. The molecule has 2 aromatic carbocycles. The molecule has 0 atom stereocenters. The monoisotopic (exact) mass is 427 g/mol. The van der Waals surface area contributed by atoms with Gasteiger partial charge in [0.2, 0.25) is 0 Å². The summed E-state index contributed by atoms with van der Waals surface area (Å²) in [6.45, 7) is 1.09. The van der Waals surface area contributed by atoms with Gasteiger partial charge in [0, 0.05) is 5.56 Å². The van der Waals surface area contributed by atoms with Gasteiger partial charge in [-0.3, -0.25) is 4.79 Å². The lowest BCUT2D eigenvalue weighted by Gasteiger charge is -2.11. The summed E-state index contributed by atoms with van der Waals surface area (Å²) in [5, 5.41) is 2.92. The average molecular weight is 428 g/mol. The summed E-state index contributed by atoms with van der Waals surface area (Å²) >= 11 is 6.26. The van der Waals surface area contributed by atoms with Crippen LogP contribution in [0.1, 0.15) is 23.2 Å². The molecule has 9 heteroatoms. The summed E-state index contributed by atoms with van der Waals surface area (Å²) in [6.07, 6.45) is 2.87. The SMILES string of the molecule is Nc1ncnc(N)c1NC(=O)c1ccc(OCCCCOc2ccccc2)c(Cl)c1. The van der Waals surface area contributed by atoms with Gasteiger partial charge in [0.15, 0.2) is 11.6 Å². The zero-order valence-corrected chi connectivity index (χ0v) is 16.9. The highest BCUT2D eigenvalue weighted by atomic mass is 35.5. The zero-order chi connectivity index (χ0) is 21.3. The molecule has 0 saturated carbocycles. The summed E-state index contributed by atoms with van der Waals surface area (Å²) in [7, 11) is 0. The first kappa shape index (κ1) is 21.2. The first-order valence-corrected chi connectivity index (χ1v) is 9.70. The number of amides is 1. The minimum Gasteiger partial charge on any atom is -0.494 e. The summed E-state index contributed by atoms with van der Waals surface area (Å²) in [4.78, 5) is 20.1. The van der Waals surface area contributed by atoms with Gasteiger partial charge in [-0.15, -0.1) is 0 Å². The first-order chi connectivity index (χ1) is 14.5. The van der Waals surface area contributed by atoms with Crippen LogP contribution >= 0.6 is 11.6 Å². The van der Waals surface area contributed by atoms with Gasteiger partial charge in [-0.2, -0.15) is 0 Å². The molecule has 0 bridgehead atoms. The van der Waals surface area contributed by atoms with Crippen molar-refractivity contribution in [2.45, 2.75) is 12.8 Å². The molecular formula is C21H22ClN5O3. The predicted octanol–water partition coefficient (Wildman–Crippen LogP) is 3.78. The zero-order valence-electron chi connectivity index (χ0n) is 16.2. The van der Waals surface area contributed by atoms with Crippen molar-refractivity contribution in [2.24, 2.45) is 0 Å². The molecule has 3 rings (SSSR count). The van der Waals surface area contributed by atoms with Gasteiger partial charge in [-0.1, -0.05) is 29.8 Å². The third-order valence-electron chi connectivity index (χ3n) is 4.15. The molecule has 0 saturated heterocycles. The highest BCUT2D eigenvalue weighted by Crippen LogP contribution is 2.27. The van der Waals surface area contributed by atoms with Crippen LogP contribution < -0.4 is 26.3 Å². The van der Waals surface area contributed by atoms with Crippen molar-refractivity contribution in [1.29, 1.82) is 0 Å². The number of carbonyl (C=O) groups is 1. The summed E-state index contributed by atoms with van der Waals surface area (Å²) in [6, 6.07) is 14.4. The molecule has 1 amide bonds. The normalized spacial score (nSPS) is 10.4. The maximum Gasteiger partial charge on any atom is 0.255 e. The Labute approximate surface area is 179 Å². The summed E-state index contributed by atoms with van der Waals surface area (Å²) < 4.78 is 11.3. The predicted molar refractivity (Wildman–Crippen MR) is 117 cm³/mol. The van der Waals surface area contributed by atoms with Gasteiger partial charge < -0.3 is 26.3 Å². The van der Waals surface area contributed by atoms with Crippen molar-refractivity contribution in [1.82, 2.24) is 9.97 Å². The molecule has 0 aliphatic rings. The summed E-state index contributed by atoms with van der Waals surface area (Å²) in [5.74, 6) is 1.08. The highest BCUT2D eigenvalue weighted by molar-refractivity contribution is 6.32. The van der Waals surface area contributed by atoms with Crippen molar-refractivity contribution in [2.75, 3.05) is 30.0 Å². The van der Waals surface area contributed by atoms with E-state index < -0.39 is 5.91 Å². The lowest BCUT2D eigenvalue weighted by Crippen LogP contribution is -2.16. The van der Waals surface area contributed by atoms with E-state index in [1.165, 1.54) is 12.4 Å². The smallest absolute Gasteiger partial charge is 0.255 e. The Hall–Kier alpha value is -3.52. The molecule has 0 aliphatic carbocycles.